The molecule has 1 aliphatic rings. The minimum absolute atomic E-state index is 0.188. The fourth-order valence-electron chi connectivity index (χ4n) is 2.05. The van der Waals surface area contributed by atoms with Crippen molar-refractivity contribution in [1.29, 1.82) is 0 Å². The van der Waals surface area contributed by atoms with Gasteiger partial charge in [0.2, 0.25) is 0 Å². The minimum Gasteiger partial charge on any atom is -0.200 e. The summed E-state index contributed by atoms with van der Waals surface area (Å²) in [7, 11) is 0. The quantitative estimate of drug-likeness (QED) is 0.390. The van der Waals surface area contributed by atoms with E-state index in [0.717, 1.165) is 0 Å². The van der Waals surface area contributed by atoms with E-state index in [0.29, 0.717) is 5.08 Å². The third-order valence-corrected chi connectivity index (χ3v) is 6.49. The monoisotopic (exact) mass is 466 g/mol. The fraction of sp³-hybridized carbons (Fsp3) is 1.00. The van der Waals surface area contributed by atoms with E-state index in [1.54, 1.807) is 0 Å². The normalized spacial score (nSPS) is 19.4. The number of hydrogen-bond acceptors (Lipinski definition) is 2. The average Bonchev–Trinajstić information content (AvgIpc) is 2.52. The Bertz CT molecular complexity index is 508. The van der Waals surface area contributed by atoms with Gasteiger partial charge in [-0.25, -0.2) is 0 Å². The van der Waals surface area contributed by atoms with E-state index in [1.807, 2.05) is 0 Å². The van der Waals surface area contributed by atoms with Crippen LogP contribution in [0.2, 0.25) is 0 Å². The van der Waals surface area contributed by atoms with E-state index >= 15 is 0 Å². The zero-order valence-corrected chi connectivity index (χ0v) is 14.5. The molecule has 1 heterocycles. The van der Waals surface area contributed by atoms with E-state index in [9.17, 15) is 57.1 Å². The van der Waals surface area contributed by atoms with Gasteiger partial charge in [-0.15, -0.1) is 0 Å². The highest BCUT2D eigenvalue weighted by atomic mass is 32.2. The number of halogens is 13. The molecule has 0 aromatic carbocycles. The van der Waals surface area contributed by atoms with Gasteiger partial charge in [-0.2, -0.15) is 80.6 Å². The zero-order valence-electron chi connectivity index (χ0n) is 12.8. The summed E-state index contributed by atoms with van der Waals surface area (Å²) in [6, 6.07) is 0. The first-order chi connectivity index (χ1) is 11.8. The van der Waals surface area contributed by atoms with Crippen LogP contribution in [0.4, 0.5) is 57.1 Å². The molecule has 1 fully saturated rings. The van der Waals surface area contributed by atoms with Crippen LogP contribution in [-0.4, -0.2) is 52.4 Å². The highest BCUT2D eigenvalue weighted by Gasteiger charge is 2.90. The molecule has 27 heavy (non-hydrogen) atoms. The van der Waals surface area contributed by atoms with E-state index < -0.39 is 54.5 Å². The molecule has 0 aromatic heterocycles. The maximum atomic E-state index is 13.6. The van der Waals surface area contributed by atoms with Crippen molar-refractivity contribution >= 4 is 23.5 Å². The molecular weight excluding hydrogens is 455 g/mol. The van der Waals surface area contributed by atoms with Gasteiger partial charge >= 0.3 is 35.8 Å². The van der Waals surface area contributed by atoms with Crippen LogP contribution >= 0.6 is 23.5 Å². The van der Waals surface area contributed by atoms with Gasteiger partial charge in [0.05, 0.1) is 0 Å². The summed E-state index contributed by atoms with van der Waals surface area (Å²) in [4.78, 5) is 0. The smallest absolute Gasteiger partial charge is 0.200 e. The second-order valence-electron chi connectivity index (χ2n) is 5.76. The zero-order chi connectivity index (χ0) is 21.5. The van der Waals surface area contributed by atoms with E-state index in [1.165, 1.54) is 23.5 Å². The molecule has 0 atom stereocenters. The molecule has 0 amide bonds. The second kappa shape index (κ2) is 7.56. The van der Waals surface area contributed by atoms with Crippen LogP contribution in [0.5, 0.6) is 0 Å². The summed E-state index contributed by atoms with van der Waals surface area (Å²) >= 11 is 2.43. The molecular formula is C12H11F13S2. The molecule has 0 spiro atoms. The molecule has 0 radical (unpaired) electrons. The Balaban J connectivity index is 3.12. The van der Waals surface area contributed by atoms with Crippen molar-refractivity contribution in [2.75, 3.05) is 16.6 Å². The molecule has 0 unspecified atom stereocenters. The lowest BCUT2D eigenvalue weighted by Crippen LogP contribution is -2.70. The Morgan fingerprint density at radius 2 is 1.00 bits per heavy atom. The molecule has 15 heteroatoms. The Morgan fingerprint density at radius 3 is 1.41 bits per heavy atom. The molecule has 0 N–H and O–H groups in total. The SMILES string of the molecule is FC(F)(F)C(F)(F)C(F)(F)C(F)(F)C(F)(F)C(F)(F)CCC1CSCSC1. The second-order valence-corrected chi connectivity index (χ2v) is 8.19. The topological polar surface area (TPSA) is 0 Å². The summed E-state index contributed by atoms with van der Waals surface area (Å²) in [5, 5.41) is 0.555. The van der Waals surface area contributed by atoms with Crippen LogP contribution in [0.3, 0.4) is 0 Å². The molecule has 0 aromatic rings. The largest absolute Gasteiger partial charge is 0.460 e. The van der Waals surface area contributed by atoms with Crippen LogP contribution in [0.15, 0.2) is 0 Å². The number of thioether (sulfide) groups is 2. The van der Waals surface area contributed by atoms with Crippen molar-refractivity contribution in [1.82, 2.24) is 0 Å². The minimum atomic E-state index is -7.82. The van der Waals surface area contributed by atoms with Gasteiger partial charge in [0.15, 0.2) is 0 Å². The van der Waals surface area contributed by atoms with Crippen LogP contribution in [0, 0.1) is 5.92 Å². The standard InChI is InChI=1S/C12H11F13S2/c13-7(14,2-1-6-3-26-5-27-4-6)8(15,16)9(17,18)10(19,20)11(21,22)12(23,24)25/h6H,1-5H2. The molecule has 1 saturated heterocycles. The molecule has 1 aliphatic heterocycles. The lowest BCUT2D eigenvalue weighted by atomic mass is 9.90. The van der Waals surface area contributed by atoms with Gasteiger partial charge in [0, 0.05) is 11.5 Å². The van der Waals surface area contributed by atoms with E-state index in [2.05, 4.69) is 0 Å². The predicted molar refractivity (Wildman–Crippen MR) is 73.3 cm³/mol. The van der Waals surface area contributed by atoms with Gasteiger partial charge in [0.25, 0.3) is 0 Å². The van der Waals surface area contributed by atoms with Crippen molar-refractivity contribution in [3.8, 4) is 0 Å². The Morgan fingerprint density at radius 1 is 0.593 bits per heavy atom. The van der Waals surface area contributed by atoms with Crippen molar-refractivity contribution in [3.63, 3.8) is 0 Å². The summed E-state index contributed by atoms with van der Waals surface area (Å²) in [5.41, 5.74) is 0. The Labute approximate surface area is 152 Å². The third-order valence-electron chi connectivity index (χ3n) is 3.74. The Kier molecular flexibility index (Phi) is 6.95. The van der Waals surface area contributed by atoms with Gasteiger partial charge < -0.3 is 0 Å². The summed E-state index contributed by atoms with van der Waals surface area (Å²) in [6.07, 6.45) is -10.3. The van der Waals surface area contributed by atoms with Crippen LogP contribution < -0.4 is 0 Å². The summed E-state index contributed by atoms with van der Waals surface area (Å²) in [6.45, 7) is 0. The molecule has 0 saturated carbocycles. The van der Waals surface area contributed by atoms with Gasteiger partial charge in [-0.1, -0.05) is 0 Å². The number of alkyl halides is 13. The van der Waals surface area contributed by atoms with Crippen LogP contribution in [0.25, 0.3) is 0 Å². The molecule has 0 aliphatic carbocycles. The third kappa shape index (κ3) is 4.22. The molecule has 1 rings (SSSR count). The van der Waals surface area contributed by atoms with Crippen LogP contribution in [0.1, 0.15) is 12.8 Å². The first kappa shape index (κ1) is 24.8. The maximum Gasteiger partial charge on any atom is 0.460 e. The lowest BCUT2D eigenvalue weighted by molar-refractivity contribution is -0.440. The van der Waals surface area contributed by atoms with Crippen molar-refractivity contribution < 1.29 is 57.1 Å². The summed E-state index contributed by atoms with van der Waals surface area (Å²) in [5.74, 6) is -36.6. The highest BCUT2D eigenvalue weighted by Crippen LogP contribution is 2.60. The molecule has 0 bridgehead atoms. The molecule has 0 nitrogen and oxygen atoms in total. The van der Waals surface area contributed by atoms with Crippen molar-refractivity contribution in [2.24, 2.45) is 5.92 Å². The van der Waals surface area contributed by atoms with Crippen molar-refractivity contribution in [2.45, 2.75) is 48.6 Å². The van der Waals surface area contributed by atoms with Gasteiger partial charge in [-0.05, 0) is 23.8 Å². The lowest BCUT2D eigenvalue weighted by Gasteiger charge is -2.40. The summed E-state index contributed by atoms with van der Waals surface area (Å²) < 4.78 is 168. The number of hydrogen-bond donors (Lipinski definition) is 0. The maximum absolute atomic E-state index is 13.6. The Hall–Kier alpha value is -0.210. The first-order valence-electron chi connectivity index (χ1n) is 6.94. The number of rotatable bonds is 7. The van der Waals surface area contributed by atoms with E-state index in [-0.39, 0.29) is 11.5 Å². The fourth-order valence-corrected chi connectivity index (χ4v) is 4.67. The van der Waals surface area contributed by atoms with Gasteiger partial charge in [0.1, 0.15) is 0 Å². The average molecular weight is 466 g/mol. The predicted octanol–water partition coefficient (Wildman–Crippen LogP) is 6.56. The highest BCUT2D eigenvalue weighted by molar-refractivity contribution is 8.16. The van der Waals surface area contributed by atoms with Gasteiger partial charge in [-0.3, -0.25) is 0 Å². The van der Waals surface area contributed by atoms with Crippen LogP contribution in [-0.2, 0) is 0 Å². The molecule has 162 valence electrons. The first-order valence-corrected chi connectivity index (χ1v) is 9.25. The van der Waals surface area contributed by atoms with E-state index in [4.69, 9.17) is 0 Å². The van der Waals surface area contributed by atoms with Crippen molar-refractivity contribution in [3.05, 3.63) is 0 Å².